The molecule has 0 aliphatic carbocycles. The third kappa shape index (κ3) is 2.36. The zero-order valence-electron chi connectivity index (χ0n) is 8.44. The summed E-state index contributed by atoms with van der Waals surface area (Å²) in [6.07, 6.45) is -0.830. The molecule has 0 spiro atoms. The number of fused-ring (bicyclic) bond motifs is 1. The maximum Gasteiger partial charge on any atom is 0.405 e. The van der Waals surface area contributed by atoms with E-state index in [0.29, 0.717) is 5.82 Å². The van der Waals surface area contributed by atoms with Gasteiger partial charge in [0.25, 0.3) is 5.91 Å². The molecule has 0 saturated carbocycles. The minimum Gasteiger partial charge on any atom is -0.434 e. The largest absolute Gasteiger partial charge is 0.434 e. The number of amides is 2. The van der Waals surface area contributed by atoms with Crippen molar-refractivity contribution in [2.24, 2.45) is 5.73 Å². The number of carbonyl (C=O) groups excluding carboxylic acids is 2. The van der Waals surface area contributed by atoms with Gasteiger partial charge in [-0.1, -0.05) is 11.6 Å². The van der Waals surface area contributed by atoms with Crippen LogP contribution in [0.5, 0.6) is 0 Å². The summed E-state index contributed by atoms with van der Waals surface area (Å²) in [6, 6.07) is 0. The predicted molar refractivity (Wildman–Crippen MR) is 58.6 cm³/mol. The first kappa shape index (κ1) is 11.4. The highest BCUT2D eigenvalue weighted by atomic mass is 35.5. The first-order chi connectivity index (χ1) is 8.08. The van der Waals surface area contributed by atoms with Crippen LogP contribution in [0, 0.1) is 0 Å². The maximum atomic E-state index is 11.7. The standard InChI is InChI=1S/C8H8ClN5O3/c9-5-4-6(13-2-12-5)11-1-3(7(15)14-4)17-8(10)16/h2-3H,1H2,(H2,10,16)(H,14,15)(H,11,12,13). The van der Waals surface area contributed by atoms with E-state index in [4.69, 9.17) is 17.3 Å². The molecule has 0 radical (unpaired) electrons. The Bertz CT molecular complexity index is 480. The quantitative estimate of drug-likeness (QED) is 0.607. The molecule has 1 aliphatic rings. The van der Waals surface area contributed by atoms with Crippen LogP contribution >= 0.6 is 11.6 Å². The number of rotatable bonds is 1. The van der Waals surface area contributed by atoms with Crippen LogP contribution in [0.3, 0.4) is 0 Å². The lowest BCUT2D eigenvalue weighted by Gasteiger charge is -2.11. The van der Waals surface area contributed by atoms with Crippen molar-refractivity contribution < 1.29 is 14.3 Å². The number of nitrogens with two attached hydrogens (primary N) is 1. The molecule has 17 heavy (non-hydrogen) atoms. The van der Waals surface area contributed by atoms with E-state index in [1.165, 1.54) is 6.33 Å². The summed E-state index contributed by atoms with van der Waals surface area (Å²) in [6.45, 7) is 0.0507. The van der Waals surface area contributed by atoms with Crippen molar-refractivity contribution >= 4 is 35.1 Å². The van der Waals surface area contributed by atoms with Crippen molar-refractivity contribution in [1.29, 1.82) is 0 Å². The molecule has 0 aromatic carbocycles. The lowest BCUT2D eigenvalue weighted by Crippen LogP contribution is -2.37. The van der Waals surface area contributed by atoms with Crippen molar-refractivity contribution in [3.8, 4) is 0 Å². The van der Waals surface area contributed by atoms with E-state index in [2.05, 4.69) is 25.3 Å². The van der Waals surface area contributed by atoms with Crippen molar-refractivity contribution in [1.82, 2.24) is 9.97 Å². The molecule has 1 atom stereocenters. The number of ether oxygens (including phenoxy) is 1. The van der Waals surface area contributed by atoms with Crippen LogP contribution in [0.15, 0.2) is 6.33 Å². The lowest BCUT2D eigenvalue weighted by molar-refractivity contribution is -0.123. The zero-order valence-corrected chi connectivity index (χ0v) is 9.19. The molecule has 9 heteroatoms. The molecule has 0 saturated heterocycles. The smallest absolute Gasteiger partial charge is 0.405 e. The first-order valence-corrected chi connectivity index (χ1v) is 4.97. The number of primary amides is 1. The van der Waals surface area contributed by atoms with E-state index >= 15 is 0 Å². The van der Waals surface area contributed by atoms with Gasteiger partial charge in [-0.2, -0.15) is 0 Å². The van der Waals surface area contributed by atoms with Gasteiger partial charge in [0.2, 0.25) is 0 Å². The molecule has 0 bridgehead atoms. The van der Waals surface area contributed by atoms with Crippen LogP contribution in [0.1, 0.15) is 0 Å². The Kier molecular flexibility index (Phi) is 2.96. The van der Waals surface area contributed by atoms with Gasteiger partial charge >= 0.3 is 6.09 Å². The van der Waals surface area contributed by atoms with E-state index in [9.17, 15) is 9.59 Å². The molecule has 1 aromatic rings. The molecule has 90 valence electrons. The second-order valence-corrected chi connectivity index (χ2v) is 3.54. The van der Waals surface area contributed by atoms with Gasteiger partial charge < -0.3 is 21.1 Å². The second-order valence-electron chi connectivity index (χ2n) is 3.18. The van der Waals surface area contributed by atoms with Gasteiger partial charge in [0.15, 0.2) is 17.1 Å². The summed E-state index contributed by atoms with van der Waals surface area (Å²) in [7, 11) is 0. The van der Waals surface area contributed by atoms with E-state index in [0.717, 1.165) is 0 Å². The highest BCUT2D eigenvalue weighted by Gasteiger charge is 2.28. The lowest BCUT2D eigenvalue weighted by atomic mass is 10.3. The van der Waals surface area contributed by atoms with Crippen molar-refractivity contribution in [2.45, 2.75) is 6.10 Å². The van der Waals surface area contributed by atoms with Crippen LogP contribution in [0.2, 0.25) is 5.15 Å². The van der Waals surface area contributed by atoms with Gasteiger partial charge in [-0.15, -0.1) is 0 Å². The summed E-state index contributed by atoms with van der Waals surface area (Å²) in [5.41, 5.74) is 5.09. The third-order valence-electron chi connectivity index (χ3n) is 2.05. The van der Waals surface area contributed by atoms with Gasteiger partial charge in [0.1, 0.15) is 12.0 Å². The topological polar surface area (TPSA) is 119 Å². The summed E-state index contributed by atoms with van der Waals surface area (Å²) in [5.74, 6) is -0.194. The molecule has 0 fully saturated rings. The van der Waals surface area contributed by atoms with Crippen LogP contribution in [0.25, 0.3) is 0 Å². The van der Waals surface area contributed by atoms with Crippen LogP contribution in [-0.2, 0) is 9.53 Å². The molecule has 1 aromatic heterocycles. The number of halogens is 1. The fourth-order valence-corrected chi connectivity index (χ4v) is 1.51. The molecular formula is C8H8ClN5O3. The average Bonchev–Trinajstić information content (AvgIpc) is 2.41. The number of carbonyl (C=O) groups is 2. The van der Waals surface area contributed by atoms with Gasteiger partial charge in [-0.05, 0) is 0 Å². The number of anilines is 2. The summed E-state index contributed by atoms with van der Waals surface area (Å²) in [4.78, 5) is 29.9. The average molecular weight is 258 g/mol. The Labute approximate surface area is 101 Å². The fourth-order valence-electron chi connectivity index (χ4n) is 1.33. The van der Waals surface area contributed by atoms with E-state index < -0.39 is 18.1 Å². The Morgan fingerprint density at radius 3 is 3.06 bits per heavy atom. The summed E-state index contributed by atoms with van der Waals surface area (Å²) in [5, 5.41) is 5.35. The zero-order chi connectivity index (χ0) is 12.4. The Morgan fingerprint density at radius 1 is 1.59 bits per heavy atom. The molecule has 1 aliphatic heterocycles. The Balaban J connectivity index is 2.25. The monoisotopic (exact) mass is 257 g/mol. The number of aromatic nitrogens is 2. The highest BCUT2D eigenvalue weighted by Crippen LogP contribution is 2.28. The Hall–Kier alpha value is -2.09. The summed E-state index contributed by atoms with van der Waals surface area (Å²) < 4.78 is 4.63. The molecule has 2 rings (SSSR count). The van der Waals surface area contributed by atoms with Crippen LogP contribution < -0.4 is 16.4 Å². The van der Waals surface area contributed by atoms with E-state index in [1.807, 2.05) is 0 Å². The second kappa shape index (κ2) is 4.42. The van der Waals surface area contributed by atoms with E-state index in [1.54, 1.807) is 0 Å². The highest BCUT2D eigenvalue weighted by molar-refractivity contribution is 6.33. The SMILES string of the molecule is NC(=O)OC1CNc2ncnc(Cl)c2NC1=O. The van der Waals surface area contributed by atoms with Crippen molar-refractivity contribution in [3.05, 3.63) is 11.5 Å². The number of nitrogens with one attached hydrogen (secondary N) is 2. The predicted octanol–water partition coefficient (Wildman–Crippen LogP) is -0.0421. The normalized spacial score (nSPS) is 18.4. The minimum absolute atomic E-state index is 0.0507. The van der Waals surface area contributed by atoms with Gasteiger partial charge in [0, 0.05) is 0 Å². The first-order valence-electron chi connectivity index (χ1n) is 4.59. The van der Waals surface area contributed by atoms with Crippen LogP contribution in [-0.4, -0.2) is 34.6 Å². The molecule has 1 unspecified atom stereocenters. The third-order valence-corrected chi connectivity index (χ3v) is 2.34. The minimum atomic E-state index is -1.04. The molecule has 8 nitrogen and oxygen atoms in total. The van der Waals surface area contributed by atoms with Crippen molar-refractivity contribution in [2.75, 3.05) is 17.2 Å². The Morgan fingerprint density at radius 2 is 2.35 bits per heavy atom. The van der Waals surface area contributed by atoms with Gasteiger partial charge in [0.05, 0.1) is 6.54 Å². The molecule has 2 heterocycles. The van der Waals surface area contributed by atoms with Crippen molar-refractivity contribution in [3.63, 3.8) is 0 Å². The van der Waals surface area contributed by atoms with Gasteiger partial charge in [-0.3, -0.25) is 4.79 Å². The van der Waals surface area contributed by atoms with Crippen LogP contribution in [0.4, 0.5) is 16.3 Å². The number of hydrogen-bond acceptors (Lipinski definition) is 6. The molecule has 4 N–H and O–H groups in total. The number of nitrogens with zero attached hydrogens (tertiary/aromatic N) is 2. The maximum absolute atomic E-state index is 11.7. The molecule has 2 amide bonds. The number of hydrogen-bond donors (Lipinski definition) is 3. The van der Waals surface area contributed by atoms with E-state index in [-0.39, 0.29) is 17.4 Å². The summed E-state index contributed by atoms with van der Waals surface area (Å²) >= 11 is 5.80. The molecular weight excluding hydrogens is 250 g/mol. The van der Waals surface area contributed by atoms with Gasteiger partial charge in [-0.25, -0.2) is 14.8 Å². The fraction of sp³-hybridized carbons (Fsp3) is 0.250.